The number of hydrogen-bond donors (Lipinski definition) is 1. The van der Waals surface area contributed by atoms with Crippen molar-refractivity contribution in [2.24, 2.45) is 0 Å². The highest BCUT2D eigenvalue weighted by Gasteiger charge is 2.19. The van der Waals surface area contributed by atoms with E-state index in [4.69, 9.17) is 5.11 Å². The lowest BCUT2D eigenvalue weighted by Gasteiger charge is -2.16. The molecule has 104 valence electrons. The molecule has 1 N–H and O–H groups in total. The number of nitrogens with zero attached hydrogens (tertiary/aromatic N) is 3. The van der Waals surface area contributed by atoms with Crippen LogP contribution >= 0.6 is 0 Å². The number of carbonyl (C=O) groups is 2. The van der Waals surface area contributed by atoms with Crippen molar-refractivity contribution < 1.29 is 14.7 Å². The highest BCUT2D eigenvalue weighted by Crippen LogP contribution is 2.08. The molecule has 0 radical (unpaired) electrons. The summed E-state index contributed by atoms with van der Waals surface area (Å²) in [6.07, 6.45) is 1.68. The van der Waals surface area contributed by atoms with Crippen molar-refractivity contribution in [3.05, 3.63) is 48.3 Å². The fourth-order valence-electron chi connectivity index (χ4n) is 1.82. The molecular weight excluding hydrogens is 258 g/mol. The molecule has 0 saturated heterocycles. The Morgan fingerprint density at radius 1 is 1.25 bits per heavy atom. The van der Waals surface area contributed by atoms with Gasteiger partial charge in [-0.15, -0.1) is 0 Å². The predicted molar refractivity (Wildman–Crippen MR) is 72.8 cm³/mol. The maximum absolute atomic E-state index is 12.1. The number of benzene rings is 1. The number of amides is 1. The van der Waals surface area contributed by atoms with E-state index in [0.29, 0.717) is 6.54 Å². The molecule has 0 aliphatic rings. The molecule has 0 unspecified atom stereocenters. The third-order valence-corrected chi connectivity index (χ3v) is 2.82. The number of aromatic nitrogens is 2. The molecule has 1 aromatic heterocycles. The van der Waals surface area contributed by atoms with E-state index in [9.17, 15) is 9.59 Å². The van der Waals surface area contributed by atoms with E-state index in [1.807, 2.05) is 30.3 Å². The predicted octanol–water partition coefficient (Wildman–Crippen LogP) is 1.42. The second-order valence-corrected chi connectivity index (χ2v) is 4.19. The fourth-order valence-corrected chi connectivity index (χ4v) is 1.82. The molecule has 0 bridgehead atoms. The Labute approximate surface area is 116 Å². The van der Waals surface area contributed by atoms with Crippen LogP contribution in [-0.2, 0) is 4.79 Å². The van der Waals surface area contributed by atoms with E-state index in [2.05, 4.69) is 5.10 Å². The molecule has 1 amide bonds. The van der Waals surface area contributed by atoms with Crippen molar-refractivity contribution in [1.29, 1.82) is 0 Å². The summed E-state index contributed by atoms with van der Waals surface area (Å²) in [5, 5.41) is 13.0. The highest BCUT2D eigenvalue weighted by molar-refractivity contribution is 5.94. The van der Waals surface area contributed by atoms with Crippen molar-refractivity contribution in [3.8, 4) is 5.69 Å². The van der Waals surface area contributed by atoms with Gasteiger partial charge >= 0.3 is 5.97 Å². The monoisotopic (exact) mass is 273 g/mol. The molecular formula is C14H15N3O3. The number of para-hydroxylation sites is 1. The summed E-state index contributed by atoms with van der Waals surface area (Å²) in [4.78, 5) is 24.1. The van der Waals surface area contributed by atoms with Crippen LogP contribution in [-0.4, -0.2) is 44.8 Å². The van der Waals surface area contributed by atoms with Gasteiger partial charge in [0.1, 0.15) is 6.54 Å². The molecule has 2 rings (SSSR count). The van der Waals surface area contributed by atoms with E-state index in [1.54, 1.807) is 23.9 Å². The molecule has 0 spiro atoms. The van der Waals surface area contributed by atoms with Crippen LogP contribution in [0.4, 0.5) is 0 Å². The van der Waals surface area contributed by atoms with Crippen LogP contribution in [0.5, 0.6) is 0 Å². The van der Waals surface area contributed by atoms with Crippen molar-refractivity contribution in [3.63, 3.8) is 0 Å². The summed E-state index contributed by atoms with van der Waals surface area (Å²) >= 11 is 0. The first-order chi connectivity index (χ1) is 9.61. The lowest BCUT2D eigenvalue weighted by Crippen LogP contribution is -2.35. The molecule has 0 saturated carbocycles. The van der Waals surface area contributed by atoms with Gasteiger partial charge in [0.25, 0.3) is 5.91 Å². The summed E-state index contributed by atoms with van der Waals surface area (Å²) in [7, 11) is 0. The van der Waals surface area contributed by atoms with Crippen LogP contribution < -0.4 is 0 Å². The Morgan fingerprint density at radius 3 is 2.55 bits per heavy atom. The Morgan fingerprint density at radius 2 is 1.95 bits per heavy atom. The summed E-state index contributed by atoms with van der Waals surface area (Å²) < 4.78 is 1.59. The first kappa shape index (κ1) is 13.8. The van der Waals surface area contributed by atoms with Gasteiger partial charge in [0, 0.05) is 12.7 Å². The van der Waals surface area contributed by atoms with E-state index in [-0.39, 0.29) is 18.1 Å². The smallest absolute Gasteiger partial charge is 0.323 e. The van der Waals surface area contributed by atoms with Gasteiger partial charge in [-0.25, -0.2) is 4.68 Å². The molecule has 20 heavy (non-hydrogen) atoms. The Balaban J connectivity index is 2.20. The largest absolute Gasteiger partial charge is 0.480 e. The van der Waals surface area contributed by atoms with Crippen molar-refractivity contribution in [1.82, 2.24) is 14.7 Å². The van der Waals surface area contributed by atoms with Gasteiger partial charge in [-0.3, -0.25) is 9.59 Å². The van der Waals surface area contributed by atoms with Crippen LogP contribution in [0, 0.1) is 0 Å². The fraction of sp³-hybridized carbons (Fsp3) is 0.214. The van der Waals surface area contributed by atoms with Crippen LogP contribution in [0.3, 0.4) is 0 Å². The van der Waals surface area contributed by atoms with Crippen LogP contribution in [0.15, 0.2) is 42.6 Å². The summed E-state index contributed by atoms with van der Waals surface area (Å²) in [5.74, 6) is -1.42. The third kappa shape index (κ3) is 3.03. The minimum atomic E-state index is -1.04. The van der Waals surface area contributed by atoms with E-state index >= 15 is 0 Å². The van der Waals surface area contributed by atoms with Gasteiger partial charge in [0.2, 0.25) is 0 Å². The first-order valence-electron chi connectivity index (χ1n) is 6.24. The molecule has 0 fully saturated rings. The zero-order chi connectivity index (χ0) is 14.5. The maximum Gasteiger partial charge on any atom is 0.323 e. The van der Waals surface area contributed by atoms with E-state index in [1.165, 1.54) is 4.90 Å². The molecule has 0 atom stereocenters. The van der Waals surface area contributed by atoms with Gasteiger partial charge < -0.3 is 10.0 Å². The normalized spacial score (nSPS) is 10.2. The zero-order valence-electron chi connectivity index (χ0n) is 11.1. The number of carboxylic acid groups (broad SMARTS) is 1. The van der Waals surface area contributed by atoms with Crippen molar-refractivity contribution >= 4 is 11.9 Å². The minimum Gasteiger partial charge on any atom is -0.480 e. The van der Waals surface area contributed by atoms with Gasteiger partial charge in [-0.2, -0.15) is 5.10 Å². The third-order valence-electron chi connectivity index (χ3n) is 2.82. The number of likely N-dealkylation sites (N-methyl/N-ethyl adjacent to an activating group) is 1. The number of aliphatic carboxylic acids is 1. The van der Waals surface area contributed by atoms with Crippen molar-refractivity contribution in [2.75, 3.05) is 13.1 Å². The van der Waals surface area contributed by atoms with Crippen LogP contribution in [0.25, 0.3) is 5.69 Å². The Kier molecular flexibility index (Phi) is 4.14. The zero-order valence-corrected chi connectivity index (χ0v) is 11.1. The van der Waals surface area contributed by atoms with Crippen LogP contribution in [0.1, 0.15) is 17.4 Å². The standard InChI is InChI=1S/C14H15N3O3/c1-2-16(10-13(18)19)14(20)12-8-9-17(15-12)11-6-4-3-5-7-11/h3-9H,2,10H2,1H3,(H,18,19). The molecule has 2 aromatic rings. The topological polar surface area (TPSA) is 75.4 Å². The lowest BCUT2D eigenvalue weighted by molar-refractivity contribution is -0.137. The number of hydrogen-bond acceptors (Lipinski definition) is 3. The van der Waals surface area contributed by atoms with Gasteiger partial charge in [-0.1, -0.05) is 18.2 Å². The molecule has 6 nitrogen and oxygen atoms in total. The van der Waals surface area contributed by atoms with Gasteiger partial charge in [-0.05, 0) is 25.1 Å². The SMILES string of the molecule is CCN(CC(=O)O)C(=O)c1ccn(-c2ccccc2)n1. The lowest BCUT2D eigenvalue weighted by atomic mass is 10.3. The van der Waals surface area contributed by atoms with Gasteiger partial charge in [0.15, 0.2) is 5.69 Å². The summed E-state index contributed by atoms with van der Waals surface area (Å²) in [6, 6.07) is 11.0. The molecule has 0 aliphatic carbocycles. The summed E-state index contributed by atoms with van der Waals surface area (Å²) in [6.45, 7) is 1.73. The maximum atomic E-state index is 12.1. The van der Waals surface area contributed by atoms with Crippen LogP contribution in [0.2, 0.25) is 0 Å². The molecule has 0 aliphatic heterocycles. The van der Waals surface area contributed by atoms with E-state index < -0.39 is 5.97 Å². The van der Waals surface area contributed by atoms with Gasteiger partial charge in [0.05, 0.1) is 5.69 Å². The summed E-state index contributed by atoms with van der Waals surface area (Å²) in [5.41, 5.74) is 1.07. The minimum absolute atomic E-state index is 0.233. The molecule has 1 heterocycles. The number of rotatable bonds is 5. The quantitative estimate of drug-likeness (QED) is 0.894. The Bertz CT molecular complexity index is 607. The van der Waals surface area contributed by atoms with Crippen molar-refractivity contribution in [2.45, 2.75) is 6.92 Å². The average molecular weight is 273 g/mol. The Hall–Kier alpha value is -2.63. The first-order valence-corrected chi connectivity index (χ1v) is 6.24. The highest BCUT2D eigenvalue weighted by atomic mass is 16.4. The molecule has 6 heteroatoms. The second kappa shape index (κ2) is 6.01. The average Bonchev–Trinajstić information content (AvgIpc) is 2.94. The number of carboxylic acids is 1. The van der Waals surface area contributed by atoms with E-state index in [0.717, 1.165) is 5.69 Å². The molecule has 1 aromatic carbocycles. The second-order valence-electron chi connectivity index (χ2n) is 4.19. The number of carbonyl (C=O) groups excluding carboxylic acids is 1.